The van der Waals surface area contributed by atoms with Crippen LogP contribution >= 0.6 is 0 Å². The van der Waals surface area contributed by atoms with Gasteiger partial charge in [-0.1, -0.05) is 30.3 Å². The summed E-state index contributed by atoms with van der Waals surface area (Å²) in [5.41, 5.74) is 9.17. The molecule has 3 nitrogen and oxygen atoms in total. The smallest absolute Gasteiger partial charge is 0.0702 e. The number of rotatable bonds is 5. The van der Waals surface area contributed by atoms with Gasteiger partial charge in [0.05, 0.1) is 11.7 Å². The van der Waals surface area contributed by atoms with Gasteiger partial charge in [-0.3, -0.25) is 4.68 Å². The lowest BCUT2D eigenvalue weighted by Gasteiger charge is -2.05. The van der Waals surface area contributed by atoms with E-state index in [0.717, 1.165) is 36.0 Å². The zero-order valence-corrected chi connectivity index (χ0v) is 11.5. The van der Waals surface area contributed by atoms with Crippen molar-refractivity contribution in [2.45, 2.75) is 25.8 Å². The Hall–Kier alpha value is -2.29. The molecule has 0 unspecified atom stereocenters. The largest absolute Gasteiger partial charge is 0.399 e. The van der Waals surface area contributed by atoms with Gasteiger partial charge < -0.3 is 5.73 Å². The van der Waals surface area contributed by atoms with Gasteiger partial charge in [-0.15, -0.1) is 0 Å². The van der Waals surface area contributed by atoms with Crippen LogP contribution in [0.1, 0.15) is 18.4 Å². The minimum absolute atomic E-state index is 0.795. The Morgan fingerprint density at radius 1 is 1.00 bits per heavy atom. The second-order valence-electron chi connectivity index (χ2n) is 5.13. The number of anilines is 1. The van der Waals surface area contributed by atoms with Gasteiger partial charge in [-0.05, 0) is 43.0 Å². The highest BCUT2D eigenvalue weighted by Crippen LogP contribution is 2.17. The highest BCUT2D eigenvalue weighted by Gasteiger charge is 2.02. The first-order chi connectivity index (χ1) is 9.83. The molecule has 3 heteroatoms. The maximum absolute atomic E-state index is 5.84. The van der Waals surface area contributed by atoms with Crippen LogP contribution in [0.5, 0.6) is 0 Å². The zero-order chi connectivity index (χ0) is 13.8. The first kappa shape index (κ1) is 12.7. The molecule has 2 aromatic carbocycles. The molecule has 0 radical (unpaired) electrons. The van der Waals surface area contributed by atoms with Crippen LogP contribution in [0.3, 0.4) is 0 Å². The lowest BCUT2D eigenvalue weighted by atomic mass is 10.1. The number of unbranched alkanes of at least 4 members (excludes halogenated alkanes) is 1. The van der Waals surface area contributed by atoms with E-state index in [9.17, 15) is 0 Å². The van der Waals surface area contributed by atoms with Crippen molar-refractivity contribution in [2.75, 3.05) is 5.73 Å². The lowest BCUT2D eigenvalue weighted by molar-refractivity contribution is 0.572. The fourth-order valence-electron chi connectivity index (χ4n) is 2.50. The summed E-state index contributed by atoms with van der Waals surface area (Å²) in [7, 11) is 0. The summed E-state index contributed by atoms with van der Waals surface area (Å²) < 4.78 is 2.05. The molecule has 0 spiro atoms. The van der Waals surface area contributed by atoms with Crippen LogP contribution in [-0.2, 0) is 13.0 Å². The summed E-state index contributed by atoms with van der Waals surface area (Å²) in [5, 5.41) is 5.60. The Bertz CT molecular complexity index is 686. The van der Waals surface area contributed by atoms with Gasteiger partial charge in [0.2, 0.25) is 0 Å². The van der Waals surface area contributed by atoms with Crippen LogP contribution < -0.4 is 5.73 Å². The Balaban J connectivity index is 1.59. The molecule has 0 aliphatic carbocycles. The number of hydrogen-bond donors (Lipinski definition) is 1. The molecular formula is C17H19N3. The zero-order valence-electron chi connectivity index (χ0n) is 11.5. The maximum atomic E-state index is 5.84. The number of nitrogens with two attached hydrogens (primary N) is 1. The van der Waals surface area contributed by atoms with Gasteiger partial charge in [0.15, 0.2) is 0 Å². The number of fused-ring (bicyclic) bond motifs is 1. The Kier molecular flexibility index (Phi) is 3.68. The topological polar surface area (TPSA) is 43.8 Å². The average molecular weight is 265 g/mol. The monoisotopic (exact) mass is 265 g/mol. The molecule has 0 atom stereocenters. The number of nitrogens with zero attached hydrogens (tertiary/aromatic N) is 2. The van der Waals surface area contributed by atoms with Crippen molar-refractivity contribution in [1.29, 1.82) is 0 Å². The number of aromatic nitrogens is 2. The molecule has 1 heterocycles. The maximum Gasteiger partial charge on any atom is 0.0702 e. The van der Waals surface area contributed by atoms with Gasteiger partial charge >= 0.3 is 0 Å². The first-order valence-electron chi connectivity index (χ1n) is 7.08. The Morgan fingerprint density at radius 2 is 1.85 bits per heavy atom. The van der Waals surface area contributed by atoms with Crippen LogP contribution in [0.15, 0.2) is 54.7 Å². The Morgan fingerprint density at radius 3 is 2.70 bits per heavy atom. The second-order valence-corrected chi connectivity index (χ2v) is 5.13. The molecule has 102 valence electrons. The standard InChI is InChI=1S/C17H19N3/c18-16-10-9-15-13-19-20(17(15)12-16)11-5-4-8-14-6-2-1-3-7-14/h1-3,6-7,9-10,12-13H,4-5,8,11,18H2. The summed E-state index contributed by atoms with van der Waals surface area (Å²) in [6, 6.07) is 16.6. The molecule has 0 amide bonds. The van der Waals surface area contributed by atoms with Gasteiger partial charge in [-0.2, -0.15) is 5.10 Å². The molecule has 0 aliphatic heterocycles. The van der Waals surface area contributed by atoms with Crippen molar-refractivity contribution in [3.05, 3.63) is 60.3 Å². The summed E-state index contributed by atoms with van der Waals surface area (Å²) in [6.07, 6.45) is 5.34. The van der Waals surface area contributed by atoms with Crippen LogP contribution in [0.25, 0.3) is 10.9 Å². The number of hydrogen-bond acceptors (Lipinski definition) is 2. The SMILES string of the molecule is Nc1ccc2cnn(CCCCc3ccccc3)c2c1. The van der Waals surface area contributed by atoms with Crippen LogP contribution in [0.4, 0.5) is 5.69 Å². The minimum atomic E-state index is 0.795. The molecule has 2 N–H and O–H groups in total. The first-order valence-corrected chi connectivity index (χ1v) is 7.08. The fraction of sp³-hybridized carbons (Fsp3) is 0.235. The number of nitrogen functional groups attached to an aromatic ring is 1. The van der Waals surface area contributed by atoms with E-state index in [1.165, 1.54) is 12.0 Å². The quantitative estimate of drug-likeness (QED) is 0.565. The molecule has 0 aliphatic rings. The highest BCUT2D eigenvalue weighted by molar-refractivity contribution is 5.81. The molecule has 0 bridgehead atoms. The molecule has 20 heavy (non-hydrogen) atoms. The number of benzene rings is 2. The second kappa shape index (κ2) is 5.78. The molecule has 3 aromatic rings. The van der Waals surface area contributed by atoms with Crippen molar-refractivity contribution < 1.29 is 0 Å². The van der Waals surface area contributed by atoms with Crippen molar-refractivity contribution >= 4 is 16.6 Å². The van der Waals surface area contributed by atoms with Crippen LogP contribution in [0, 0.1) is 0 Å². The highest BCUT2D eigenvalue weighted by atomic mass is 15.3. The van der Waals surface area contributed by atoms with Gasteiger partial charge in [0, 0.05) is 17.6 Å². The molecule has 0 fully saturated rings. The van der Waals surface area contributed by atoms with E-state index in [1.54, 1.807) is 0 Å². The molecule has 3 rings (SSSR count). The van der Waals surface area contributed by atoms with E-state index >= 15 is 0 Å². The summed E-state index contributed by atoms with van der Waals surface area (Å²) >= 11 is 0. The third-order valence-corrected chi connectivity index (χ3v) is 3.60. The van der Waals surface area contributed by atoms with E-state index in [2.05, 4.69) is 40.1 Å². The van der Waals surface area contributed by atoms with E-state index in [1.807, 2.05) is 24.4 Å². The Labute approximate surface area is 119 Å². The molecular weight excluding hydrogens is 246 g/mol. The van der Waals surface area contributed by atoms with Gasteiger partial charge in [0.1, 0.15) is 0 Å². The third kappa shape index (κ3) is 2.82. The van der Waals surface area contributed by atoms with Gasteiger partial charge in [0.25, 0.3) is 0 Å². The molecule has 0 saturated heterocycles. The van der Waals surface area contributed by atoms with Crippen molar-refractivity contribution in [3.63, 3.8) is 0 Å². The van der Waals surface area contributed by atoms with Crippen molar-refractivity contribution in [1.82, 2.24) is 9.78 Å². The van der Waals surface area contributed by atoms with Crippen molar-refractivity contribution in [3.8, 4) is 0 Å². The third-order valence-electron chi connectivity index (χ3n) is 3.60. The normalized spacial score (nSPS) is 11.0. The average Bonchev–Trinajstić information content (AvgIpc) is 2.87. The van der Waals surface area contributed by atoms with Crippen LogP contribution in [-0.4, -0.2) is 9.78 Å². The summed E-state index contributed by atoms with van der Waals surface area (Å²) in [5.74, 6) is 0. The predicted molar refractivity (Wildman–Crippen MR) is 83.5 cm³/mol. The molecule has 1 aromatic heterocycles. The van der Waals surface area contributed by atoms with Crippen LogP contribution in [0.2, 0.25) is 0 Å². The van der Waals surface area contributed by atoms with E-state index in [4.69, 9.17) is 5.73 Å². The predicted octanol–water partition coefficient (Wildman–Crippen LogP) is 3.64. The lowest BCUT2D eigenvalue weighted by Crippen LogP contribution is -2.00. The van der Waals surface area contributed by atoms with Crippen molar-refractivity contribution in [2.24, 2.45) is 0 Å². The van der Waals surface area contributed by atoms with Gasteiger partial charge in [-0.25, -0.2) is 0 Å². The summed E-state index contributed by atoms with van der Waals surface area (Å²) in [4.78, 5) is 0. The van der Waals surface area contributed by atoms with E-state index in [0.29, 0.717) is 0 Å². The minimum Gasteiger partial charge on any atom is -0.399 e. The summed E-state index contributed by atoms with van der Waals surface area (Å²) in [6.45, 7) is 0.944. The van der Waals surface area contributed by atoms with E-state index < -0.39 is 0 Å². The van der Waals surface area contributed by atoms with E-state index in [-0.39, 0.29) is 0 Å². The number of aryl methyl sites for hydroxylation is 2. The fourth-order valence-corrected chi connectivity index (χ4v) is 2.50. The molecule has 0 saturated carbocycles.